The number of aliphatic hydroxyl groups is 1. The SMILES string of the molecule is C=C(O)CN1CCN(CC(=O)O)CCN(C(CCC(=O)NC[C@H](NC(=O)CCC(C(=O)O)N2CCN(CC(=O)O)CCN(CC(=O)O)CCN(CC(=O)O)CC2)C(=O)CCc2ccc(CNC(=O)[C@H](CCC(N)=O)NC(=O)[C@@H](NC=O)C(C)CC)cc2)C(=O)O)CCN(CC(=O)O)CC1.[Gd].[Gd]. The smallest absolute Gasteiger partial charge is 0.320 e. The quantitative estimate of drug-likeness (QED) is 0.0218. The Morgan fingerprint density at radius 3 is 1.22 bits per heavy atom. The molecule has 15 N–H and O–H groups in total. The number of aliphatic carboxylic acids is 7. The largest absolute Gasteiger partial charge is 0.512 e. The predicted octanol–water partition coefficient (Wildman–Crippen LogP) is -4.28. The first kappa shape index (κ1) is 92.9. The number of aliphatic hydroxyl groups excluding tert-OH is 1. The van der Waals surface area contributed by atoms with Gasteiger partial charge in [-0.1, -0.05) is 51.1 Å². The van der Waals surface area contributed by atoms with Gasteiger partial charge in [0.2, 0.25) is 35.9 Å². The number of Topliss-reactive ketones (excluding diaryl/α,β-unsaturated/α-hetero) is 1. The van der Waals surface area contributed by atoms with Crippen molar-refractivity contribution in [2.24, 2.45) is 11.7 Å². The molecule has 2 saturated heterocycles. The number of nitrogens with zero attached hydrogens (tertiary/aromatic N) is 8. The molecule has 6 atom stereocenters. The zero-order valence-electron chi connectivity index (χ0n) is 57.0. The number of carboxylic acids is 7. The van der Waals surface area contributed by atoms with Crippen molar-refractivity contribution in [3.63, 3.8) is 0 Å². The van der Waals surface area contributed by atoms with Crippen molar-refractivity contribution in [1.29, 1.82) is 0 Å². The summed E-state index contributed by atoms with van der Waals surface area (Å²) in [5, 5.41) is 92.7. The Morgan fingerprint density at radius 2 is 0.861 bits per heavy atom. The van der Waals surface area contributed by atoms with E-state index in [4.69, 9.17) is 5.73 Å². The molecule has 0 bridgehead atoms. The van der Waals surface area contributed by atoms with Crippen molar-refractivity contribution in [3.8, 4) is 0 Å². The average molecular weight is 1720 g/mol. The van der Waals surface area contributed by atoms with Crippen LogP contribution in [0.25, 0.3) is 0 Å². The minimum absolute atomic E-state index is 0. The molecular weight excluding hydrogens is 1620 g/mol. The third-order valence-electron chi connectivity index (χ3n) is 17.1. The van der Waals surface area contributed by atoms with Gasteiger partial charge >= 0.3 is 41.8 Å². The Kier molecular flexibility index (Phi) is 46.3. The van der Waals surface area contributed by atoms with E-state index in [2.05, 4.69) is 33.2 Å². The number of carbonyl (C=O) groups is 14. The number of ketones is 1. The molecule has 2 heterocycles. The summed E-state index contributed by atoms with van der Waals surface area (Å²) in [6.45, 7) is 5.09. The fraction of sp³-hybridized carbons (Fsp3) is 0.651. The number of primary amides is 1. The molecule has 38 heteroatoms. The van der Waals surface area contributed by atoms with Crippen LogP contribution in [0, 0.1) is 85.8 Å². The van der Waals surface area contributed by atoms with Gasteiger partial charge < -0.3 is 73.2 Å². The molecule has 0 aromatic heterocycles. The van der Waals surface area contributed by atoms with Gasteiger partial charge in [0, 0.05) is 223 Å². The molecule has 570 valence electrons. The minimum atomic E-state index is -1.47. The van der Waals surface area contributed by atoms with Crippen LogP contribution < -0.4 is 32.3 Å². The average Bonchev–Trinajstić information content (AvgIpc) is 0.895. The van der Waals surface area contributed by atoms with Crippen LogP contribution in [0.15, 0.2) is 36.6 Å². The number of carboxylic acid groups (broad SMARTS) is 7. The first-order valence-corrected chi connectivity index (χ1v) is 32.8. The van der Waals surface area contributed by atoms with E-state index in [0.29, 0.717) is 24.0 Å². The number of amides is 6. The standard InChI is InChI=1S/C63H100N14O22.2Gd/c1-4-42(2)59(67-41-78)61(95)69-46(10-14-51(64)81)60(94)66-33-45-7-5-44(6-8-45)9-13-50(80)47(68-53(83)16-12-49(63(98)99)77-31-27-74(39-57(90)91)23-21-71(36-54(84)85)22-24-75(28-32-77)40-58(92)93)34-65-52(82)15-11-48(62(96)97)76-29-25-72(37-55(86)87)19-17-70(35-43(3)79)18-20-73(26-30-76)38-56(88)89;;/h5-8,41-42,46-49,59,79H,3-4,9-40H2,1-2H3,(H2,64,81)(H,65,82)(H,66,94)(H,67,78)(H,68,83)(H,69,95)(H,84,85)(H,86,87)(H,88,89)(H,90,91)(H,92,93)(H,96,97)(H,98,99);;/t42?,46-,47-,48?,49?,59-;;/m0../s1. The molecule has 36 nitrogen and oxygen atoms in total. The van der Waals surface area contributed by atoms with Gasteiger partial charge in [0.1, 0.15) is 30.2 Å². The first-order chi connectivity index (χ1) is 46.8. The summed E-state index contributed by atoms with van der Waals surface area (Å²) in [7, 11) is 0. The molecule has 0 radical (unpaired) electrons. The molecule has 2 aliphatic heterocycles. The Morgan fingerprint density at radius 1 is 0.485 bits per heavy atom. The van der Waals surface area contributed by atoms with Crippen molar-refractivity contribution in [2.45, 2.75) is 108 Å². The van der Waals surface area contributed by atoms with E-state index in [1.165, 1.54) is 24.5 Å². The summed E-state index contributed by atoms with van der Waals surface area (Å²) in [4.78, 5) is 190. The predicted molar refractivity (Wildman–Crippen MR) is 352 cm³/mol. The van der Waals surface area contributed by atoms with Gasteiger partial charge in [0.05, 0.1) is 45.0 Å². The molecule has 3 unspecified atom stereocenters. The molecule has 2 aliphatic rings. The van der Waals surface area contributed by atoms with Gasteiger partial charge in [-0.3, -0.25) is 106 Å². The van der Waals surface area contributed by atoms with Crippen LogP contribution in [0.5, 0.6) is 0 Å². The summed E-state index contributed by atoms with van der Waals surface area (Å²) in [6, 6.07) is 0.173. The van der Waals surface area contributed by atoms with Gasteiger partial charge in [0.25, 0.3) is 0 Å². The summed E-state index contributed by atoms with van der Waals surface area (Å²) in [6.07, 6.45) is -1.39. The number of nitrogens with one attached hydrogen (secondary N) is 5. The number of carbonyl (C=O) groups excluding carboxylic acids is 7. The summed E-state index contributed by atoms with van der Waals surface area (Å²) >= 11 is 0. The molecule has 1 aromatic rings. The number of nitrogens with two attached hydrogens (primary N) is 1. The van der Waals surface area contributed by atoms with Crippen LogP contribution in [0.2, 0.25) is 0 Å². The topological polar surface area (TPSA) is 513 Å². The zero-order valence-corrected chi connectivity index (χ0v) is 61.6. The normalized spacial score (nSPS) is 17.5. The number of benzene rings is 1. The fourth-order valence-electron chi connectivity index (χ4n) is 11.4. The second kappa shape index (κ2) is 50.3. The van der Waals surface area contributed by atoms with Crippen molar-refractivity contribution in [1.82, 2.24) is 65.8 Å². The van der Waals surface area contributed by atoms with Crippen LogP contribution in [-0.2, 0) is 80.1 Å². The summed E-state index contributed by atoms with van der Waals surface area (Å²) < 4.78 is 0. The van der Waals surface area contributed by atoms with Crippen LogP contribution in [-0.4, -0.2) is 344 Å². The maximum absolute atomic E-state index is 14.3. The molecule has 6 amide bonds. The summed E-state index contributed by atoms with van der Waals surface area (Å²) in [5.41, 5.74) is 6.52. The fourth-order valence-corrected chi connectivity index (χ4v) is 11.4. The number of hydrogen-bond acceptors (Lipinski definition) is 23. The molecule has 0 spiro atoms. The second-order valence-electron chi connectivity index (χ2n) is 24.7. The van der Waals surface area contributed by atoms with E-state index in [9.17, 15) is 108 Å². The van der Waals surface area contributed by atoms with Crippen LogP contribution >= 0.6 is 0 Å². The molecule has 3 rings (SSSR count). The number of aryl methyl sites for hydroxylation is 1. The van der Waals surface area contributed by atoms with Crippen molar-refractivity contribution in [2.75, 3.05) is 151 Å². The van der Waals surface area contributed by atoms with E-state index >= 15 is 0 Å². The van der Waals surface area contributed by atoms with E-state index in [0.717, 1.165) is 0 Å². The Bertz CT molecular complexity index is 2840. The van der Waals surface area contributed by atoms with E-state index in [-0.39, 0.29) is 248 Å². The van der Waals surface area contributed by atoms with Crippen LogP contribution in [0.4, 0.5) is 0 Å². The van der Waals surface area contributed by atoms with Gasteiger partial charge in [-0.15, -0.1) is 0 Å². The van der Waals surface area contributed by atoms with Crippen molar-refractivity contribution >= 4 is 83.5 Å². The van der Waals surface area contributed by atoms with E-state index in [1.54, 1.807) is 45.9 Å². The van der Waals surface area contributed by atoms with Gasteiger partial charge in [-0.25, -0.2) is 0 Å². The monoisotopic (exact) mass is 1720 g/mol. The Hall–Kier alpha value is -6.13. The van der Waals surface area contributed by atoms with Gasteiger partial charge in [-0.2, -0.15) is 0 Å². The van der Waals surface area contributed by atoms with Gasteiger partial charge in [-0.05, 0) is 42.7 Å². The number of rotatable bonds is 41. The Labute approximate surface area is 650 Å². The maximum atomic E-state index is 14.3. The maximum Gasteiger partial charge on any atom is 0.320 e. The van der Waals surface area contributed by atoms with Crippen molar-refractivity contribution in [3.05, 3.63) is 47.7 Å². The molecule has 101 heavy (non-hydrogen) atoms. The molecule has 1 aromatic carbocycles. The minimum Gasteiger partial charge on any atom is -0.512 e. The molecular formula is C63H100Gd2N14O22. The number of hydrogen-bond donors (Lipinski definition) is 14. The third kappa shape index (κ3) is 38.8. The molecule has 0 aliphatic carbocycles. The zero-order chi connectivity index (χ0) is 73.7. The van der Waals surface area contributed by atoms with Gasteiger partial charge in [0.15, 0.2) is 5.78 Å². The molecule has 2 fully saturated rings. The van der Waals surface area contributed by atoms with E-state index < -0.39 is 159 Å². The first-order valence-electron chi connectivity index (χ1n) is 32.8. The Balaban J connectivity index is 0.0000255. The van der Waals surface area contributed by atoms with Crippen LogP contribution in [0.3, 0.4) is 0 Å². The second-order valence-corrected chi connectivity index (χ2v) is 24.7. The van der Waals surface area contributed by atoms with Crippen molar-refractivity contribution < 1.29 is 188 Å². The molecule has 0 saturated carbocycles. The van der Waals surface area contributed by atoms with E-state index in [1.807, 2.05) is 6.92 Å². The summed E-state index contributed by atoms with van der Waals surface area (Å²) in [5.74, 6) is -13.3. The van der Waals surface area contributed by atoms with Crippen LogP contribution in [0.1, 0.15) is 76.3 Å². The third-order valence-corrected chi connectivity index (χ3v) is 17.1.